The standard InChI is InChI=1S/C16H26N2/c1-5-17-16(3,4)12-18-10-6-7-14-11-13(2)8-9-15(14)18/h8-9,11,17H,5-7,10,12H2,1-4H3. The van der Waals surface area contributed by atoms with Gasteiger partial charge in [0.2, 0.25) is 0 Å². The number of aryl methyl sites for hydroxylation is 2. The number of benzene rings is 1. The van der Waals surface area contributed by atoms with Crippen LogP contribution in [0.15, 0.2) is 18.2 Å². The summed E-state index contributed by atoms with van der Waals surface area (Å²) in [5.74, 6) is 0. The molecule has 0 unspecified atom stereocenters. The maximum absolute atomic E-state index is 3.57. The van der Waals surface area contributed by atoms with Crippen molar-refractivity contribution in [2.75, 3.05) is 24.5 Å². The molecule has 0 aliphatic carbocycles. The number of hydrogen-bond donors (Lipinski definition) is 1. The third-order valence-electron chi connectivity index (χ3n) is 3.69. The summed E-state index contributed by atoms with van der Waals surface area (Å²) in [4.78, 5) is 2.54. The Morgan fingerprint density at radius 1 is 1.33 bits per heavy atom. The van der Waals surface area contributed by atoms with E-state index >= 15 is 0 Å². The Bertz CT molecular complexity index is 410. The van der Waals surface area contributed by atoms with Gasteiger partial charge in [0.05, 0.1) is 0 Å². The summed E-state index contributed by atoms with van der Waals surface area (Å²) in [7, 11) is 0. The molecule has 0 atom stereocenters. The minimum absolute atomic E-state index is 0.175. The van der Waals surface area contributed by atoms with Crippen molar-refractivity contribution >= 4 is 5.69 Å². The third kappa shape index (κ3) is 3.05. The van der Waals surface area contributed by atoms with Crippen LogP contribution in [-0.2, 0) is 6.42 Å². The van der Waals surface area contributed by atoms with Crippen LogP contribution in [0.3, 0.4) is 0 Å². The molecule has 0 saturated heterocycles. The maximum Gasteiger partial charge on any atom is 0.0399 e. The topological polar surface area (TPSA) is 15.3 Å². The fourth-order valence-electron chi connectivity index (χ4n) is 2.98. The molecule has 1 heterocycles. The number of nitrogens with zero attached hydrogens (tertiary/aromatic N) is 1. The summed E-state index contributed by atoms with van der Waals surface area (Å²) < 4.78 is 0. The Kier molecular flexibility index (Phi) is 3.96. The van der Waals surface area contributed by atoms with E-state index in [0.29, 0.717) is 0 Å². The molecule has 1 aromatic rings. The average Bonchev–Trinajstić information content (AvgIpc) is 2.28. The average molecular weight is 246 g/mol. The van der Waals surface area contributed by atoms with E-state index in [0.717, 1.165) is 13.1 Å². The molecule has 100 valence electrons. The zero-order chi connectivity index (χ0) is 13.2. The first-order valence-electron chi connectivity index (χ1n) is 7.11. The zero-order valence-corrected chi connectivity index (χ0v) is 12.2. The highest BCUT2D eigenvalue weighted by molar-refractivity contribution is 5.57. The largest absolute Gasteiger partial charge is 0.369 e. The Morgan fingerprint density at radius 3 is 2.83 bits per heavy atom. The van der Waals surface area contributed by atoms with Crippen LogP contribution in [0, 0.1) is 6.92 Å². The minimum atomic E-state index is 0.175. The maximum atomic E-state index is 3.57. The molecule has 2 nitrogen and oxygen atoms in total. The van der Waals surface area contributed by atoms with Crippen LogP contribution < -0.4 is 10.2 Å². The number of nitrogens with one attached hydrogen (secondary N) is 1. The molecule has 0 aromatic heterocycles. The van der Waals surface area contributed by atoms with Crippen molar-refractivity contribution in [1.82, 2.24) is 5.32 Å². The van der Waals surface area contributed by atoms with E-state index in [4.69, 9.17) is 0 Å². The van der Waals surface area contributed by atoms with Crippen LogP contribution in [0.2, 0.25) is 0 Å². The van der Waals surface area contributed by atoms with Gasteiger partial charge < -0.3 is 10.2 Å². The van der Waals surface area contributed by atoms with Gasteiger partial charge >= 0.3 is 0 Å². The van der Waals surface area contributed by atoms with Gasteiger partial charge in [0, 0.05) is 24.3 Å². The molecule has 18 heavy (non-hydrogen) atoms. The normalized spacial score (nSPS) is 15.7. The molecule has 1 aliphatic heterocycles. The molecule has 1 N–H and O–H groups in total. The van der Waals surface area contributed by atoms with E-state index in [1.165, 1.54) is 36.2 Å². The van der Waals surface area contributed by atoms with Crippen LogP contribution in [0.1, 0.15) is 38.3 Å². The molecular weight excluding hydrogens is 220 g/mol. The highest BCUT2D eigenvalue weighted by atomic mass is 15.2. The van der Waals surface area contributed by atoms with Crippen molar-refractivity contribution in [3.63, 3.8) is 0 Å². The lowest BCUT2D eigenvalue weighted by Crippen LogP contribution is -2.50. The van der Waals surface area contributed by atoms with E-state index in [9.17, 15) is 0 Å². The van der Waals surface area contributed by atoms with E-state index in [1.807, 2.05) is 0 Å². The molecule has 0 amide bonds. The molecule has 0 bridgehead atoms. The summed E-state index contributed by atoms with van der Waals surface area (Å²) in [5, 5.41) is 3.57. The Hall–Kier alpha value is -1.02. The number of likely N-dealkylation sites (N-methyl/N-ethyl adjacent to an activating group) is 1. The van der Waals surface area contributed by atoms with Crippen LogP contribution in [0.5, 0.6) is 0 Å². The number of rotatable bonds is 4. The Labute approximate surface area is 111 Å². The monoisotopic (exact) mass is 246 g/mol. The summed E-state index contributed by atoms with van der Waals surface area (Å²) >= 11 is 0. The second-order valence-corrected chi connectivity index (χ2v) is 6.07. The molecule has 0 fully saturated rings. The highest BCUT2D eigenvalue weighted by Gasteiger charge is 2.24. The van der Waals surface area contributed by atoms with Crippen molar-refractivity contribution in [3.05, 3.63) is 29.3 Å². The van der Waals surface area contributed by atoms with Gasteiger partial charge in [-0.2, -0.15) is 0 Å². The van der Waals surface area contributed by atoms with Gasteiger partial charge in [0.15, 0.2) is 0 Å². The highest BCUT2D eigenvalue weighted by Crippen LogP contribution is 2.29. The van der Waals surface area contributed by atoms with Crippen LogP contribution in [0.4, 0.5) is 5.69 Å². The summed E-state index contributed by atoms with van der Waals surface area (Å²) in [6, 6.07) is 6.88. The SMILES string of the molecule is CCNC(C)(C)CN1CCCc2cc(C)ccc21. The second kappa shape index (κ2) is 5.31. The minimum Gasteiger partial charge on any atom is -0.369 e. The molecule has 0 spiro atoms. The van der Waals surface area contributed by atoms with E-state index in [2.05, 4.69) is 56.1 Å². The summed E-state index contributed by atoms with van der Waals surface area (Å²) in [6.45, 7) is 12.2. The van der Waals surface area contributed by atoms with Crippen molar-refractivity contribution < 1.29 is 0 Å². The zero-order valence-electron chi connectivity index (χ0n) is 12.2. The Morgan fingerprint density at radius 2 is 2.11 bits per heavy atom. The van der Waals surface area contributed by atoms with Crippen LogP contribution >= 0.6 is 0 Å². The molecular formula is C16H26N2. The first-order chi connectivity index (χ1) is 8.52. The molecule has 1 aromatic carbocycles. The molecule has 1 aliphatic rings. The van der Waals surface area contributed by atoms with Crippen molar-refractivity contribution in [2.45, 2.75) is 46.1 Å². The van der Waals surface area contributed by atoms with Crippen molar-refractivity contribution in [1.29, 1.82) is 0 Å². The number of hydrogen-bond acceptors (Lipinski definition) is 2. The molecule has 2 heteroatoms. The van der Waals surface area contributed by atoms with Crippen molar-refractivity contribution in [2.24, 2.45) is 0 Å². The third-order valence-corrected chi connectivity index (χ3v) is 3.69. The second-order valence-electron chi connectivity index (χ2n) is 6.07. The van der Waals surface area contributed by atoms with Gasteiger partial charge in [-0.05, 0) is 51.8 Å². The lowest BCUT2D eigenvalue weighted by Gasteiger charge is -2.38. The van der Waals surface area contributed by atoms with Crippen LogP contribution in [0.25, 0.3) is 0 Å². The number of anilines is 1. The smallest absolute Gasteiger partial charge is 0.0399 e. The first kappa shape index (κ1) is 13.4. The van der Waals surface area contributed by atoms with E-state index < -0.39 is 0 Å². The van der Waals surface area contributed by atoms with E-state index in [-0.39, 0.29) is 5.54 Å². The van der Waals surface area contributed by atoms with Crippen LogP contribution in [-0.4, -0.2) is 25.2 Å². The first-order valence-corrected chi connectivity index (χ1v) is 7.11. The van der Waals surface area contributed by atoms with E-state index in [1.54, 1.807) is 0 Å². The van der Waals surface area contributed by atoms with Gasteiger partial charge in [0.1, 0.15) is 0 Å². The van der Waals surface area contributed by atoms with Gasteiger partial charge in [0.25, 0.3) is 0 Å². The lowest BCUT2D eigenvalue weighted by atomic mass is 9.97. The quantitative estimate of drug-likeness (QED) is 0.878. The lowest BCUT2D eigenvalue weighted by molar-refractivity contribution is 0.393. The molecule has 0 radical (unpaired) electrons. The fourth-order valence-corrected chi connectivity index (χ4v) is 2.98. The molecule has 2 rings (SSSR count). The van der Waals surface area contributed by atoms with Gasteiger partial charge in [-0.25, -0.2) is 0 Å². The Balaban J connectivity index is 2.17. The van der Waals surface area contributed by atoms with Gasteiger partial charge in [-0.15, -0.1) is 0 Å². The summed E-state index contributed by atoms with van der Waals surface area (Å²) in [6.07, 6.45) is 2.51. The molecule has 0 saturated carbocycles. The van der Waals surface area contributed by atoms with Gasteiger partial charge in [-0.3, -0.25) is 0 Å². The van der Waals surface area contributed by atoms with Crippen molar-refractivity contribution in [3.8, 4) is 0 Å². The number of fused-ring (bicyclic) bond motifs is 1. The fraction of sp³-hybridized carbons (Fsp3) is 0.625. The predicted molar refractivity (Wildman–Crippen MR) is 79.5 cm³/mol. The van der Waals surface area contributed by atoms with Gasteiger partial charge in [-0.1, -0.05) is 24.6 Å². The predicted octanol–water partition coefficient (Wildman–Crippen LogP) is 3.14. The summed E-state index contributed by atoms with van der Waals surface area (Å²) in [5.41, 5.74) is 4.52.